The van der Waals surface area contributed by atoms with Crippen molar-refractivity contribution in [2.75, 3.05) is 13.2 Å². The number of carbonyl (C=O) groups excluding carboxylic acids is 12. The van der Waals surface area contributed by atoms with Crippen molar-refractivity contribution in [1.82, 2.24) is 0 Å². The number of ether oxygens (including phenoxy) is 12. The lowest BCUT2D eigenvalue weighted by Crippen LogP contribution is -2.61. The molecule has 4 heterocycles. The van der Waals surface area contributed by atoms with Crippen LogP contribution in [0.4, 0.5) is 0 Å². The number of hydrogen-bond donors (Lipinski definition) is 2. The molecule has 140 heavy (non-hydrogen) atoms. The number of esters is 12. The molecule has 0 amide bonds. The highest BCUT2D eigenvalue weighted by Gasteiger charge is 2.70. The van der Waals surface area contributed by atoms with Crippen molar-refractivity contribution in [3.63, 3.8) is 0 Å². The number of rotatable bonds is 24. The fourth-order valence-corrected chi connectivity index (χ4v) is 30.2. The van der Waals surface area contributed by atoms with Gasteiger partial charge in [0.2, 0.25) is 0 Å². The number of fused-ring (bicyclic) bond motifs is 4. The fourth-order valence-electron chi connectivity index (χ4n) is 26.5. The predicted octanol–water partition coefficient (Wildman–Crippen LogP) is 15.1. The minimum Gasteiger partial charge on any atom is -0.459 e. The molecule has 0 radical (unpaired) electrons. The summed E-state index contributed by atoms with van der Waals surface area (Å²) in [4.78, 5) is 140. The van der Waals surface area contributed by atoms with Gasteiger partial charge in [-0.25, -0.2) is 28.8 Å². The third-order valence-corrected chi connectivity index (χ3v) is 38.6. The maximum absolute atomic E-state index is 12.4. The summed E-state index contributed by atoms with van der Waals surface area (Å²) in [6.45, 7) is 46.7. The first-order chi connectivity index (χ1) is 65.0. The molecular formula is C106H156O32S2. The van der Waals surface area contributed by atoms with Gasteiger partial charge in [-0.3, -0.25) is 37.1 Å². The molecule has 4 saturated heterocycles. The third kappa shape index (κ3) is 23.9. The first kappa shape index (κ1) is 110. The van der Waals surface area contributed by atoms with Crippen LogP contribution in [0.15, 0.2) is 48.6 Å². The second kappa shape index (κ2) is 41.3. The normalized spacial score (nSPS) is 37.6. The molecule has 32 nitrogen and oxygen atoms in total. The summed E-state index contributed by atoms with van der Waals surface area (Å²) in [5.74, 6) is -0.486. The van der Waals surface area contributed by atoms with Gasteiger partial charge >= 0.3 is 71.6 Å². The second-order valence-electron chi connectivity index (χ2n) is 48.3. The van der Waals surface area contributed by atoms with Crippen LogP contribution in [0.1, 0.15) is 330 Å². The van der Waals surface area contributed by atoms with E-state index in [0.29, 0.717) is 103 Å². The van der Waals surface area contributed by atoms with Crippen molar-refractivity contribution in [3.8, 4) is 0 Å². The van der Waals surface area contributed by atoms with Gasteiger partial charge in [0.25, 0.3) is 20.2 Å². The molecule has 0 aromatic rings. The van der Waals surface area contributed by atoms with Gasteiger partial charge in [0.1, 0.15) is 71.2 Å². The van der Waals surface area contributed by atoms with Gasteiger partial charge in [0.15, 0.2) is 13.2 Å². The summed E-state index contributed by atoms with van der Waals surface area (Å²) in [5.41, 5.74) is -2.59. The van der Waals surface area contributed by atoms with E-state index >= 15 is 0 Å². The van der Waals surface area contributed by atoms with Crippen LogP contribution in [-0.4, -0.2) is 205 Å². The van der Waals surface area contributed by atoms with E-state index in [1.807, 2.05) is 76.2 Å². The van der Waals surface area contributed by atoms with Crippen LogP contribution >= 0.6 is 0 Å². The molecule has 784 valence electrons. The van der Waals surface area contributed by atoms with Gasteiger partial charge in [0, 0.05) is 82.5 Å². The molecule has 0 spiro atoms. The molecule has 18 aliphatic carbocycles. The van der Waals surface area contributed by atoms with E-state index in [2.05, 4.69) is 33.2 Å². The van der Waals surface area contributed by atoms with Crippen molar-refractivity contribution in [1.29, 1.82) is 0 Å². The Morgan fingerprint density at radius 3 is 1.07 bits per heavy atom. The summed E-state index contributed by atoms with van der Waals surface area (Å²) in [6.07, 6.45) is 25.7. The minimum atomic E-state index is -3.53. The zero-order valence-corrected chi connectivity index (χ0v) is 87.3. The van der Waals surface area contributed by atoms with Gasteiger partial charge in [-0.15, -0.1) is 0 Å². The fraction of sp³-hybridized carbons (Fsp3) is 0.811. The summed E-state index contributed by atoms with van der Waals surface area (Å²) in [5, 5.41) is 20.3. The summed E-state index contributed by atoms with van der Waals surface area (Å²) < 4.78 is 122. The van der Waals surface area contributed by atoms with Crippen molar-refractivity contribution >= 4 is 91.9 Å². The Morgan fingerprint density at radius 1 is 0.371 bits per heavy atom. The van der Waals surface area contributed by atoms with E-state index in [1.54, 1.807) is 34.6 Å². The molecule has 18 saturated carbocycles. The molecule has 24 unspecified atom stereocenters. The zero-order valence-electron chi connectivity index (χ0n) is 85.7. The molecule has 22 aliphatic rings. The molecule has 34 heteroatoms. The maximum Gasteiger partial charge on any atom is 0.344 e. The second-order valence-corrected chi connectivity index (χ2v) is 51.8. The smallest absolute Gasteiger partial charge is 0.344 e. The first-order valence-corrected chi connectivity index (χ1v) is 54.4. The van der Waals surface area contributed by atoms with E-state index in [1.165, 1.54) is 45.4 Å². The zero-order chi connectivity index (χ0) is 103. The Balaban J connectivity index is 0.000000136. The van der Waals surface area contributed by atoms with Gasteiger partial charge in [-0.05, 0) is 313 Å². The standard InChI is InChI=1S/C16H26O3.C15H22O7S.C14H20O4.C14H20O3.C13H16O7S.C12H14O4.C12H22O2.C10H16O2/c1-4-14(2,3)13(17)19-16-8-11-5-12(9-16)7-15(18,6-11)10-16;1-4-15(2,3)14(17)20-7-11(16)21-12-8-5-9-10(6-8)23(18,19)22-13(9)12;1-4-14(2,3)13(16)18-10-7-5-8-9(6-7)12(15)17-11(8)10;1-9(2)12(15)17-14-6-10-3-11(7-14)5-13(16,4-10)8-14;1-6(2)13(15)18-5-10(14)19-11-7-3-8-9(4-7)21(16,17)20-12(8)11;1-5(2)11(13)15-9-6-3-7-8(4-6)12(14)16-10(7)9;1-5-11(2,3)10(13)14-12(4)8-6-7-9-12;1-8(2)9(11)12-10(3)6-4-5-7-10/h11-12,18H,4-10H2,1-3H3;8-10,12-13H,4-7H2,1-3H3;7-11H,4-6H2,1-3H3;10-11,16H,1,3-8H2,2H3;7-9,11-12H,1,3-5H2,2H3;6-10H,1,3-4H2,2H3;5-9H2,1-4H3;1,4-7H2,2-3H3. The average molecular weight is 2010 g/mol. The van der Waals surface area contributed by atoms with E-state index < -0.39 is 125 Å². The third-order valence-electron chi connectivity index (χ3n) is 35.0. The average Bonchev–Trinajstić information content (AvgIpc) is 1.47. The highest BCUT2D eigenvalue weighted by atomic mass is 32.2. The van der Waals surface area contributed by atoms with Gasteiger partial charge in [0.05, 0.1) is 55.2 Å². The minimum absolute atomic E-state index is 0.00284. The van der Waals surface area contributed by atoms with Crippen molar-refractivity contribution in [2.45, 2.75) is 423 Å². The number of aliphatic hydroxyl groups is 2. The van der Waals surface area contributed by atoms with Crippen LogP contribution in [0.2, 0.25) is 0 Å². The molecule has 24 atom stereocenters. The SMILES string of the molecule is C=C(C)C(=O)OC1(C)CCCC1.C=C(C)C(=O)OC12CC3CC(CC(O)(C3)C1)C2.C=C(C)C(=O)OC1C2CC3C(=O)OC1C3C2.C=C(C)C(=O)OCC(=O)OC1C2CC3C1OS(=O)(=O)C3C2.CCC(C)(C)C(=O)OC1(C)CCCC1.CCC(C)(C)C(=O)OC12CC3CC(CC(O)(C3)C1)C2.CCC(C)(C)C(=O)OC1C2CC3C(=O)OC1C3C2.CCC(C)(C)C(=O)OCC(=O)OC1C2CC3C1OS(=O)(=O)C3C2. The highest BCUT2D eigenvalue weighted by Crippen LogP contribution is 2.64. The van der Waals surface area contributed by atoms with Crippen molar-refractivity contribution < 1.29 is 150 Å². The quantitative estimate of drug-likeness (QED) is 0.0392. The highest BCUT2D eigenvalue weighted by molar-refractivity contribution is 7.88. The molecule has 22 fully saturated rings. The maximum atomic E-state index is 12.4. The van der Waals surface area contributed by atoms with Crippen LogP contribution in [0, 0.1) is 105 Å². The van der Waals surface area contributed by atoms with Gasteiger partial charge < -0.3 is 67.1 Å². The molecule has 0 aromatic heterocycles. The summed E-state index contributed by atoms with van der Waals surface area (Å²) >= 11 is 0. The van der Waals surface area contributed by atoms with Crippen molar-refractivity contribution in [2.24, 2.45) is 105 Å². The van der Waals surface area contributed by atoms with Crippen LogP contribution in [0.5, 0.6) is 0 Å². The largest absolute Gasteiger partial charge is 0.459 e. The first-order valence-electron chi connectivity index (χ1n) is 51.5. The molecule has 2 N–H and O–H groups in total. The summed E-state index contributed by atoms with van der Waals surface area (Å²) in [6, 6.07) is 0. The Bertz CT molecular complexity index is 4990. The number of hydrogen-bond acceptors (Lipinski definition) is 32. The molecule has 22 rings (SSSR count). The lowest BCUT2D eigenvalue weighted by Gasteiger charge is -2.59. The predicted molar refractivity (Wildman–Crippen MR) is 507 cm³/mol. The Hall–Kier alpha value is -7.66. The van der Waals surface area contributed by atoms with E-state index in [4.69, 9.17) is 65.2 Å². The molecule has 16 bridgehead atoms. The Kier molecular flexibility index (Phi) is 32.4. The van der Waals surface area contributed by atoms with Crippen LogP contribution in [-0.2, 0) is 143 Å². The van der Waals surface area contributed by atoms with Crippen LogP contribution < -0.4 is 0 Å². The molecule has 0 aromatic carbocycles. The molecular weight excluding hydrogens is 1850 g/mol. The van der Waals surface area contributed by atoms with Crippen LogP contribution in [0.3, 0.4) is 0 Å². The Labute approximate surface area is 826 Å². The lowest BCUT2D eigenvalue weighted by atomic mass is 9.52. The summed E-state index contributed by atoms with van der Waals surface area (Å²) in [7, 11) is -7.05. The number of carbonyl (C=O) groups is 12. The monoisotopic (exact) mass is 2010 g/mol. The van der Waals surface area contributed by atoms with Gasteiger partial charge in [-0.1, -0.05) is 54.0 Å². The van der Waals surface area contributed by atoms with E-state index in [0.717, 1.165) is 122 Å². The molecule has 4 aliphatic heterocycles. The van der Waals surface area contributed by atoms with Crippen molar-refractivity contribution in [3.05, 3.63) is 48.6 Å². The van der Waals surface area contributed by atoms with E-state index in [9.17, 15) is 84.6 Å². The van der Waals surface area contributed by atoms with Gasteiger partial charge in [-0.2, -0.15) is 16.8 Å². The topological polar surface area (TPSA) is 443 Å². The van der Waals surface area contributed by atoms with Crippen LogP contribution in [0.25, 0.3) is 0 Å². The van der Waals surface area contributed by atoms with E-state index in [-0.39, 0.29) is 141 Å². The Morgan fingerprint density at radius 2 is 0.693 bits per heavy atom. The lowest BCUT2D eigenvalue weighted by molar-refractivity contribution is -0.225.